The summed E-state index contributed by atoms with van der Waals surface area (Å²) in [6.45, 7) is 0.608. The summed E-state index contributed by atoms with van der Waals surface area (Å²) in [7, 11) is 1.82. The molecule has 0 N–H and O–H groups in total. The fourth-order valence-electron chi connectivity index (χ4n) is 2.35. The molecule has 1 aliphatic rings. The van der Waals surface area contributed by atoms with Crippen molar-refractivity contribution in [1.29, 1.82) is 0 Å². The standard InChI is InChI=1S/C15H14BrNO2S/c1-17(8-10-6-14(16)20-9-10)15(18)13-7-11-4-2-3-5-12(11)19-13/h2-6,9,13H,7-8H2,1H3. The number of carbonyl (C=O) groups is 1. The zero-order chi connectivity index (χ0) is 14.1. The van der Waals surface area contributed by atoms with Gasteiger partial charge in [0, 0.05) is 20.0 Å². The Morgan fingerprint density at radius 1 is 1.50 bits per heavy atom. The zero-order valence-electron chi connectivity index (χ0n) is 11.0. The van der Waals surface area contributed by atoms with Crippen molar-refractivity contribution in [3.8, 4) is 5.75 Å². The normalized spacial score (nSPS) is 16.6. The average molecular weight is 352 g/mol. The van der Waals surface area contributed by atoms with Crippen LogP contribution in [0.1, 0.15) is 11.1 Å². The summed E-state index contributed by atoms with van der Waals surface area (Å²) in [6, 6.07) is 9.87. The summed E-state index contributed by atoms with van der Waals surface area (Å²) in [4.78, 5) is 14.1. The van der Waals surface area contributed by atoms with Crippen molar-refractivity contribution in [2.45, 2.75) is 19.1 Å². The van der Waals surface area contributed by atoms with Crippen molar-refractivity contribution in [3.63, 3.8) is 0 Å². The summed E-state index contributed by atoms with van der Waals surface area (Å²) < 4.78 is 6.82. The number of amides is 1. The topological polar surface area (TPSA) is 29.5 Å². The molecule has 0 bridgehead atoms. The summed E-state index contributed by atoms with van der Waals surface area (Å²) in [5.74, 6) is 0.862. The van der Waals surface area contributed by atoms with E-state index in [1.165, 1.54) is 0 Å². The maximum Gasteiger partial charge on any atom is 0.264 e. The van der Waals surface area contributed by atoms with Crippen LogP contribution in [0.4, 0.5) is 0 Å². The second-order valence-corrected chi connectivity index (χ2v) is 7.16. The van der Waals surface area contributed by atoms with Crippen LogP contribution in [-0.4, -0.2) is 24.0 Å². The number of hydrogen-bond acceptors (Lipinski definition) is 3. The number of ether oxygens (including phenoxy) is 1. The van der Waals surface area contributed by atoms with Gasteiger partial charge in [-0.15, -0.1) is 11.3 Å². The monoisotopic (exact) mass is 351 g/mol. The van der Waals surface area contributed by atoms with E-state index in [1.54, 1.807) is 16.2 Å². The van der Waals surface area contributed by atoms with Crippen molar-refractivity contribution < 1.29 is 9.53 Å². The summed E-state index contributed by atoms with van der Waals surface area (Å²) in [6.07, 6.45) is 0.270. The van der Waals surface area contributed by atoms with Crippen molar-refractivity contribution in [2.24, 2.45) is 0 Å². The fourth-order valence-corrected chi connectivity index (χ4v) is 3.55. The van der Waals surface area contributed by atoms with Crippen LogP contribution in [0, 0.1) is 0 Å². The molecule has 2 aromatic rings. The van der Waals surface area contributed by atoms with Crippen LogP contribution in [0.2, 0.25) is 0 Å². The summed E-state index contributed by atoms with van der Waals surface area (Å²) in [5, 5.41) is 2.05. The molecule has 0 spiro atoms. The van der Waals surface area contributed by atoms with E-state index in [0.717, 1.165) is 20.7 Å². The number of hydrogen-bond donors (Lipinski definition) is 0. The van der Waals surface area contributed by atoms with Crippen LogP contribution in [0.3, 0.4) is 0 Å². The van der Waals surface area contributed by atoms with Crippen LogP contribution >= 0.6 is 27.3 Å². The first kappa shape index (κ1) is 13.6. The van der Waals surface area contributed by atoms with Gasteiger partial charge in [0.25, 0.3) is 5.91 Å². The van der Waals surface area contributed by atoms with Gasteiger partial charge in [-0.2, -0.15) is 0 Å². The smallest absolute Gasteiger partial charge is 0.264 e. The third-order valence-corrected chi connectivity index (χ3v) is 4.89. The van der Waals surface area contributed by atoms with Crippen LogP contribution in [0.5, 0.6) is 5.75 Å². The van der Waals surface area contributed by atoms with E-state index < -0.39 is 0 Å². The average Bonchev–Trinajstić information content (AvgIpc) is 3.03. The minimum atomic E-state index is -0.389. The molecule has 1 unspecified atom stereocenters. The van der Waals surface area contributed by atoms with Crippen LogP contribution < -0.4 is 4.74 Å². The third kappa shape index (κ3) is 2.74. The van der Waals surface area contributed by atoms with Crippen LogP contribution in [0.25, 0.3) is 0 Å². The van der Waals surface area contributed by atoms with E-state index in [9.17, 15) is 4.79 Å². The van der Waals surface area contributed by atoms with E-state index in [-0.39, 0.29) is 12.0 Å². The Labute approximate surface area is 130 Å². The summed E-state index contributed by atoms with van der Waals surface area (Å²) >= 11 is 5.06. The van der Waals surface area contributed by atoms with Gasteiger partial charge in [0.05, 0.1) is 3.79 Å². The molecule has 1 aromatic carbocycles. The van der Waals surface area contributed by atoms with Crippen molar-refractivity contribution in [1.82, 2.24) is 4.90 Å². The minimum absolute atomic E-state index is 0.0310. The molecule has 2 heterocycles. The van der Waals surface area contributed by atoms with Gasteiger partial charge in [0.1, 0.15) is 5.75 Å². The number of rotatable bonds is 3. The molecule has 0 saturated carbocycles. The fraction of sp³-hybridized carbons (Fsp3) is 0.267. The van der Waals surface area contributed by atoms with Crippen molar-refractivity contribution in [3.05, 3.63) is 50.6 Å². The SMILES string of the molecule is CN(Cc1csc(Br)c1)C(=O)C1Cc2ccccc2O1. The molecular formula is C15H14BrNO2S. The van der Waals surface area contributed by atoms with E-state index in [4.69, 9.17) is 4.74 Å². The van der Waals surface area contributed by atoms with E-state index >= 15 is 0 Å². The molecule has 0 saturated heterocycles. The lowest BCUT2D eigenvalue weighted by molar-refractivity contribution is -0.137. The highest BCUT2D eigenvalue weighted by atomic mass is 79.9. The van der Waals surface area contributed by atoms with Crippen LogP contribution in [-0.2, 0) is 17.8 Å². The maximum atomic E-state index is 12.4. The number of para-hydroxylation sites is 1. The second kappa shape index (κ2) is 5.58. The Morgan fingerprint density at radius 2 is 2.30 bits per heavy atom. The number of carbonyl (C=O) groups excluding carboxylic acids is 1. The summed E-state index contributed by atoms with van der Waals surface area (Å²) in [5.41, 5.74) is 2.24. The van der Waals surface area contributed by atoms with Gasteiger partial charge in [-0.25, -0.2) is 0 Å². The molecule has 1 amide bonds. The number of halogens is 1. The molecule has 104 valence electrons. The Hall–Kier alpha value is -1.33. The lowest BCUT2D eigenvalue weighted by Gasteiger charge is -2.20. The molecule has 1 aromatic heterocycles. The Bertz CT molecular complexity index is 615. The Balaban J connectivity index is 1.65. The van der Waals surface area contributed by atoms with Crippen molar-refractivity contribution in [2.75, 3.05) is 7.05 Å². The molecular weight excluding hydrogens is 338 g/mol. The molecule has 0 aliphatic carbocycles. The van der Waals surface area contributed by atoms with Gasteiger partial charge in [0.2, 0.25) is 0 Å². The van der Waals surface area contributed by atoms with Gasteiger partial charge >= 0.3 is 0 Å². The van der Waals surface area contributed by atoms with Gasteiger partial charge < -0.3 is 9.64 Å². The predicted octanol–water partition coefficient (Wildman–Crippen LogP) is 3.47. The lowest BCUT2D eigenvalue weighted by atomic mass is 10.1. The van der Waals surface area contributed by atoms with Gasteiger partial charge in [-0.3, -0.25) is 4.79 Å². The highest BCUT2D eigenvalue weighted by Crippen LogP contribution is 2.29. The first-order valence-electron chi connectivity index (χ1n) is 6.36. The number of benzene rings is 1. The number of thiophene rings is 1. The maximum absolute atomic E-state index is 12.4. The third-order valence-electron chi connectivity index (χ3n) is 3.34. The molecule has 3 nitrogen and oxygen atoms in total. The lowest BCUT2D eigenvalue weighted by Crippen LogP contribution is -2.38. The van der Waals surface area contributed by atoms with Gasteiger partial charge in [-0.1, -0.05) is 18.2 Å². The molecule has 3 rings (SSSR count). The van der Waals surface area contributed by atoms with E-state index in [2.05, 4.69) is 21.3 Å². The molecule has 5 heteroatoms. The van der Waals surface area contributed by atoms with E-state index in [1.807, 2.05) is 37.4 Å². The molecule has 0 fully saturated rings. The number of fused-ring (bicyclic) bond motifs is 1. The Morgan fingerprint density at radius 3 is 3.00 bits per heavy atom. The number of likely N-dealkylation sites (N-methyl/N-ethyl adjacent to an activating group) is 1. The largest absolute Gasteiger partial charge is 0.480 e. The first-order chi connectivity index (χ1) is 9.63. The quantitative estimate of drug-likeness (QED) is 0.847. The zero-order valence-corrected chi connectivity index (χ0v) is 13.4. The number of nitrogens with zero attached hydrogens (tertiary/aromatic N) is 1. The predicted molar refractivity (Wildman–Crippen MR) is 83.1 cm³/mol. The second-order valence-electron chi connectivity index (χ2n) is 4.87. The minimum Gasteiger partial charge on any atom is -0.480 e. The van der Waals surface area contributed by atoms with Crippen molar-refractivity contribution >= 4 is 33.2 Å². The van der Waals surface area contributed by atoms with Gasteiger partial charge in [-0.05, 0) is 44.6 Å². The van der Waals surface area contributed by atoms with Gasteiger partial charge in [0.15, 0.2) is 6.10 Å². The molecule has 20 heavy (non-hydrogen) atoms. The van der Waals surface area contributed by atoms with E-state index in [0.29, 0.717) is 13.0 Å². The highest BCUT2D eigenvalue weighted by molar-refractivity contribution is 9.11. The highest BCUT2D eigenvalue weighted by Gasteiger charge is 2.30. The molecule has 1 atom stereocenters. The Kier molecular flexibility index (Phi) is 3.81. The molecule has 0 radical (unpaired) electrons. The molecule has 1 aliphatic heterocycles. The first-order valence-corrected chi connectivity index (χ1v) is 8.03. The van der Waals surface area contributed by atoms with Crippen LogP contribution in [0.15, 0.2) is 39.5 Å².